The van der Waals surface area contributed by atoms with Crippen LogP contribution in [-0.4, -0.2) is 39.9 Å². The minimum atomic E-state index is 0.112. The molecule has 106 valence electrons. The average Bonchev–Trinajstić information content (AvgIpc) is 3.04. The highest BCUT2D eigenvalue weighted by atomic mass is 79.9. The van der Waals surface area contributed by atoms with Gasteiger partial charge in [-0.1, -0.05) is 0 Å². The predicted molar refractivity (Wildman–Crippen MR) is 78.6 cm³/mol. The summed E-state index contributed by atoms with van der Waals surface area (Å²) in [4.78, 5) is 10.9. The van der Waals surface area contributed by atoms with Gasteiger partial charge < -0.3 is 9.64 Å². The first-order chi connectivity index (χ1) is 9.67. The van der Waals surface area contributed by atoms with E-state index in [0.717, 1.165) is 34.8 Å². The molecule has 0 unspecified atom stereocenters. The quantitative estimate of drug-likeness (QED) is 0.930. The summed E-state index contributed by atoms with van der Waals surface area (Å²) in [5, 5.41) is 7.21. The van der Waals surface area contributed by atoms with Gasteiger partial charge in [0.2, 0.25) is 0 Å². The van der Waals surface area contributed by atoms with Gasteiger partial charge in [-0.3, -0.25) is 10.1 Å². The van der Waals surface area contributed by atoms with E-state index >= 15 is 0 Å². The van der Waals surface area contributed by atoms with Crippen LogP contribution in [0.25, 0.3) is 0 Å². The molecule has 6 nitrogen and oxygen atoms in total. The molecule has 1 aliphatic rings. The second-order valence-corrected chi connectivity index (χ2v) is 5.82. The smallest absolute Gasteiger partial charge is 0.173 e. The largest absolute Gasteiger partial charge is 0.380 e. The van der Waals surface area contributed by atoms with Crippen LogP contribution in [-0.2, 0) is 4.74 Å². The van der Waals surface area contributed by atoms with E-state index < -0.39 is 0 Å². The van der Waals surface area contributed by atoms with E-state index in [2.05, 4.69) is 47.1 Å². The van der Waals surface area contributed by atoms with Crippen molar-refractivity contribution < 1.29 is 4.74 Å². The molecule has 2 aromatic heterocycles. The number of methoxy groups -OCH3 is 1. The zero-order valence-corrected chi connectivity index (χ0v) is 13.0. The van der Waals surface area contributed by atoms with E-state index in [9.17, 15) is 0 Å². The van der Waals surface area contributed by atoms with E-state index in [1.807, 2.05) is 13.1 Å². The molecule has 0 amide bonds. The van der Waals surface area contributed by atoms with Gasteiger partial charge in [0.1, 0.15) is 5.82 Å². The summed E-state index contributed by atoms with van der Waals surface area (Å²) >= 11 is 3.46. The van der Waals surface area contributed by atoms with Crippen molar-refractivity contribution in [2.75, 3.05) is 18.6 Å². The van der Waals surface area contributed by atoms with Gasteiger partial charge in [0, 0.05) is 30.7 Å². The third kappa shape index (κ3) is 2.55. The molecule has 1 N–H and O–H groups in total. The monoisotopic (exact) mass is 337 g/mol. The maximum absolute atomic E-state index is 5.51. The van der Waals surface area contributed by atoms with Gasteiger partial charge in [-0.15, -0.1) is 0 Å². The van der Waals surface area contributed by atoms with Gasteiger partial charge in [0.15, 0.2) is 5.82 Å². The van der Waals surface area contributed by atoms with Crippen LogP contribution < -0.4 is 4.90 Å². The van der Waals surface area contributed by atoms with Crippen LogP contribution >= 0.6 is 15.9 Å². The van der Waals surface area contributed by atoms with Crippen LogP contribution in [0.2, 0.25) is 0 Å². The molecule has 3 rings (SSSR count). The molecule has 7 heteroatoms. The molecule has 0 radical (unpaired) electrons. The van der Waals surface area contributed by atoms with Crippen molar-refractivity contribution in [3.63, 3.8) is 0 Å². The van der Waals surface area contributed by atoms with Crippen molar-refractivity contribution in [2.24, 2.45) is 0 Å². The molecule has 0 bridgehead atoms. The number of halogens is 1. The van der Waals surface area contributed by atoms with Crippen LogP contribution in [0.4, 0.5) is 5.69 Å². The Kier molecular flexibility index (Phi) is 3.71. The predicted octanol–water partition coefficient (Wildman–Crippen LogP) is 2.24. The average molecular weight is 338 g/mol. The van der Waals surface area contributed by atoms with Gasteiger partial charge >= 0.3 is 0 Å². The Hall–Kier alpha value is -1.47. The number of nitrogens with one attached hydrogen (secondary N) is 1. The van der Waals surface area contributed by atoms with Crippen molar-refractivity contribution in [3.05, 3.63) is 34.6 Å². The van der Waals surface area contributed by atoms with E-state index in [1.165, 1.54) is 0 Å². The molecule has 2 aromatic rings. The van der Waals surface area contributed by atoms with Crippen molar-refractivity contribution >= 4 is 21.6 Å². The molecule has 0 aliphatic carbocycles. The number of aromatic amines is 1. The third-order valence-electron chi connectivity index (χ3n) is 3.53. The maximum atomic E-state index is 5.51. The van der Waals surface area contributed by atoms with Gasteiger partial charge in [-0.25, -0.2) is 4.98 Å². The van der Waals surface area contributed by atoms with Gasteiger partial charge in [-0.05, 0) is 28.9 Å². The summed E-state index contributed by atoms with van der Waals surface area (Å²) in [6.07, 6.45) is 4.69. The van der Waals surface area contributed by atoms with E-state index in [4.69, 9.17) is 4.74 Å². The van der Waals surface area contributed by atoms with Crippen LogP contribution in [0, 0.1) is 6.92 Å². The molecule has 1 aliphatic heterocycles. The number of hydrogen-bond donors (Lipinski definition) is 1. The Morgan fingerprint density at radius 3 is 2.95 bits per heavy atom. The Morgan fingerprint density at radius 2 is 2.30 bits per heavy atom. The van der Waals surface area contributed by atoms with Crippen LogP contribution in [0.1, 0.15) is 24.1 Å². The molecule has 0 aromatic carbocycles. The lowest BCUT2D eigenvalue weighted by atomic mass is 10.2. The topological polar surface area (TPSA) is 66.9 Å². The zero-order valence-electron chi connectivity index (χ0n) is 11.4. The molecular formula is C13H16BrN5O. The number of pyridine rings is 1. The lowest BCUT2D eigenvalue weighted by molar-refractivity contribution is 0.118. The van der Waals surface area contributed by atoms with Gasteiger partial charge in [0.05, 0.1) is 24.0 Å². The Balaban J connectivity index is 1.94. The number of aryl methyl sites for hydroxylation is 1. The van der Waals surface area contributed by atoms with E-state index in [0.29, 0.717) is 0 Å². The highest BCUT2D eigenvalue weighted by Crippen LogP contribution is 2.36. The molecule has 3 heterocycles. The summed E-state index contributed by atoms with van der Waals surface area (Å²) in [6, 6.07) is 2.17. The summed E-state index contributed by atoms with van der Waals surface area (Å²) in [7, 11) is 1.74. The second-order valence-electron chi connectivity index (χ2n) is 4.90. The maximum Gasteiger partial charge on any atom is 0.173 e. The number of aromatic nitrogens is 4. The third-order valence-corrected chi connectivity index (χ3v) is 3.96. The molecule has 1 fully saturated rings. The molecular weight excluding hydrogens is 322 g/mol. The van der Waals surface area contributed by atoms with Crippen molar-refractivity contribution in [2.45, 2.75) is 25.5 Å². The van der Waals surface area contributed by atoms with Crippen LogP contribution in [0.15, 0.2) is 22.9 Å². The first kappa shape index (κ1) is 13.5. The van der Waals surface area contributed by atoms with Crippen LogP contribution in [0.5, 0.6) is 0 Å². The van der Waals surface area contributed by atoms with Crippen molar-refractivity contribution in [1.82, 2.24) is 20.2 Å². The highest BCUT2D eigenvalue weighted by molar-refractivity contribution is 9.10. The summed E-state index contributed by atoms with van der Waals surface area (Å²) in [5.74, 6) is 1.63. The first-order valence-corrected chi connectivity index (χ1v) is 7.25. The Morgan fingerprint density at radius 1 is 1.45 bits per heavy atom. The molecule has 2 atom stereocenters. The van der Waals surface area contributed by atoms with Crippen molar-refractivity contribution in [3.8, 4) is 0 Å². The fraction of sp³-hybridized carbons (Fsp3) is 0.462. The summed E-state index contributed by atoms with van der Waals surface area (Å²) < 4.78 is 6.47. The number of hydrogen-bond acceptors (Lipinski definition) is 5. The number of nitrogens with zero attached hydrogens (tertiary/aromatic N) is 4. The Labute approximate surface area is 125 Å². The molecule has 0 saturated carbocycles. The minimum absolute atomic E-state index is 0.112. The van der Waals surface area contributed by atoms with Gasteiger partial charge in [0.25, 0.3) is 0 Å². The number of rotatable bonds is 3. The highest BCUT2D eigenvalue weighted by Gasteiger charge is 2.36. The first-order valence-electron chi connectivity index (χ1n) is 6.46. The Bertz CT molecular complexity index is 602. The van der Waals surface area contributed by atoms with E-state index in [1.54, 1.807) is 13.3 Å². The SMILES string of the molecule is CO[C@@H]1C[C@@H](c2n[nH]c(C)n2)N(c2cncc(Br)c2)C1. The fourth-order valence-corrected chi connectivity index (χ4v) is 2.92. The number of anilines is 1. The van der Waals surface area contributed by atoms with Crippen molar-refractivity contribution in [1.29, 1.82) is 0 Å². The zero-order chi connectivity index (χ0) is 14.1. The standard InChI is InChI=1S/C13H16BrN5O/c1-8-16-13(18-17-8)12-4-11(20-2)7-19(12)10-3-9(14)5-15-6-10/h3,5-6,11-12H,4,7H2,1-2H3,(H,16,17,18)/t11-,12+/m1/s1. The molecule has 20 heavy (non-hydrogen) atoms. The van der Waals surface area contributed by atoms with Crippen LogP contribution in [0.3, 0.4) is 0 Å². The molecule has 0 spiro atoms. The second kappa shape index (κ2) is 5.49. The lowest BCUT2D eigenvalue weighted by Crippen LogP contribution is -2.25. The molecule has 1 saturated heterocycles. The van der Waals surface area contributed by atoms with Gasteiger partial charge in [-0.2, -0.15) is 5.10 Å². The minimum Gasteiger partial charge on any atom is -0.380 e. The summed E-state index contributed by atoms with van der Waals surface area (Å²) in [6.45, 7) is 2.72. The van der Waals surface area contributed by atoms with E-state index in [-0.39, 0.29) is 12.1 Å². The number of ether oxygens (including phenoxy) is 1. The number of H-pyrrole nitrogens is 1. The normalized spacial score (nSPS) is 22.4. The fourth-order valence-electron chi connectivity index (χ4n) is 2.57. The lowest BCUT2D eigenvalue weighted by Gasteiger charge is -2.24. The summed E-state index contributed by atoms with van der Waals surface area (Å²) in [5.41, 5.74) is 1.05.